The number of benzene rings is 1. The molecule has 0 aromatic heterocycles. The molecule has 0 unspecified atom stereocenters. The van der Waals surface area contributed by atoms with Crippen LogP contribution in [-0.2, 0) is 12.8 Å². The van der Waals surface area contributed by atoms with E-state index in [9.17, 15) is 4.79 Å². The second-order valence-electron chi connectivity index (χ2n) is 6.41. The Morgan fingerprint density at radius 3 is 1.91 bits per heavy atom. The highest BCUT2D eigenvalue weighted by molar-refractivity contribution is 7.82. The van der Waals surface area contributed by atoms with Crippen molar-refractivity contribution in [3.05, 3.63) is 29.3 Å². The molecule has 0 bridgehead atoms. The minimum atomic E-state index is -0.147. The van der Waals surface area contributed by atoms with Gasteiger partial charge in [0, 0.05) is 6.04 Å². The van der Waals surface area contributed by atoms with Gasteiger partial charge in [0.25, 0.3) is 0 Å². The van der Waals surface area contributed by atoms with Crippen molar-refractivity contribution < 1.29 is 4.79 Å². The van der Waals surface area contributed by atoms with Crippen LogP contribution < -0.4 is 9.62 Å². The molecule has 0 aliphatic carbocycles. The number of aryl methyl sites for hydroxylation is 2. The maximum Gasteiger partial charge on any atom is 0.332 e. The van der Waals surface area contributed by atoms with Crippen LogP contribution in [0, 0.1) is 11.8 Å². The number of anilines is 1. The molecule has 0 atom stereocenters. The summed E-state index contributed by atoms with van der Waals surface area (Å²) in [5.41, 5.74) is 3.23. The maximum atomic E-state index is 12.6. The number of rotatable bonds is 6. The van der Waals surface area contributed by atoms with Crippen molar-refractivity contribution in [2.75, 3.05) is 4.31 Å². The molecule has 0 fully saturated rings. The van der Waals surface area contributed by atoms with Crippen LogP contribution in [0.2, 0.25) is 0 Å². The van der Waals surface area contributed by atoms with Gasteiger partial charge in [-0.05, 0) is 35.8 Å². The normalized spacial score (nSPS) is 11.4. The highest BCUT2D eigenvalue weighted by atomic mass is 32.1. The van der Waals surface area contributed by atoms with E-state index in [1.165, 1.54) is 4.31 Å². The molecule has 0 aliphatic rings. The van der Waals surface area contributed by atoms with E-state index in [1.54, 1.807) is 0 Å². The minimum absolute atomic E-state index is 0.140. The van der Waals surface area contributed by atoms with Gasteiger partial charge < -0.3 is 5.32 Å². The number of hydrogen-bond acceptors (Lipinski definition) is 2. The lowest BCUT2D eigenvalue weighted by molar-refractivity contribution is 0.234. The molecular formula is C18H30N2OS. The SMILES string of the molecule is CCc1cccc(CC)c1N(S)C(=O)NC(C(C)C)C(C)C. The molecule has 1 N–H and O–H groups in total. The number of hydrogen-bond donors (Lipinski definition) is 2. The lowest BCUT2D eigenvalue weighted by Crippen LogP contribution is -2.46. The Kier molecular flexibility index (Phi) is 7.27. The molecule has 0 aliphatic heterocycles. The van der Waals surface area contributed by atoms with Crippen LogP contribution in [-0.4, -0.2) is 12.1 Å². The van der Waals surface area contributed by atoms with E-state index in [1.807, 2.05) is 6.07 Å². The van der Waals surface area contributed by atoms with Crippen LogP contribution in [0.5, 0.6) is 0 Å². The minimum Gasteiger partial charge on any atom is -0.334 e. The number of carbonyl (C=O) groups excluding carboxylic acids is 1. The molecule has 2 amide bonds. The zero-order valence-electron chi connectivity index (χ0n) is 14.7. The van der Waals surface area contributed by atoms with Crippen molar-refractivity contribution in [3.8, 4) is 0 Å². The van der Waals surface area contributed by atoms with Gasteiger partial charge in [-0.3, -0.25) is 0 Å². The number of carbonyl (C=O) groups is 1. The monoisotopic (exact) mass is 322 g/mol. The first-order valence-electron chi connectivity index (χ1n) is 8.23. The molecule has 0 saturated carbocycles. The Bertz CT molecular complexity index is 470. The molecule has 124 valence electrons. The average molecular weight is 323 g/mol. The molecule has 1 aromatic carbocycles. The lowest BCUT2D eigenvalue weighted by atomic mass is 9.93. The third-order valence-corrected chi connectivity index (χ3v) is 4.48. The van der Waals surface area contributed by atoms with Gasteiger partial charge in [0.2, 0.25) is 0 Å². The number of urea groups is 1. The van der Waals surface area contributed by atoms with Gasteiger partial charge in [-0.1, -0.05) is 72.6 Å². The van der Waals surface area contributed by atoms with E-state index in [-0.39, 0.29) is 12.1 Å². The summed E-state index contributed by atoms with van der Waals surface area (Å²) in [7, 11) is 0. The summed E-state index contributed by atoms with van der Waals surface area (Å²) < 4.78 is 1.48. The molecule has 0 saturated heterocycles. The molecule has 0 radical (unpaired) electrons. The molecule has 1 aromatic rings. The predicted molar refractivity (Wildman–Crippen MR) is 98.7 cm³/mol. The summed E-state index contributed by atoms with van der Waals surface area (Å²) >= 11 is 4.49. The summed E-state index contributed by atoms with van der Waals surface area (Å²) in [6, 6.07) is 6.17. The molecule has 0 spiro atoms. The first kappa shape index (κ1) is 18.9. The zero-order valence-corrected chi connectivity index (χ0v) is 15.6. The summed E-state index contributed by atoms with van der Waals surface area (Å²) in [4.78, 5) is 12.6. The van der Waals surface area contributed by atoms with E-state index in [2.05, 4.69) is 71.8 Å². The predicted octanol–water partition coefficient (Wildman–Crippen LogP) is 4.85. The largest absolute Gasteiger partial charge is 0.334 e. The third-order valence-electron chi connectivity index (χ3n) is 4.10. The van der Waals surface area contributed by atoms with E-state index in [0.29, 0.717) is 11.8 Å². The first-order chi connectivity index (χ1) is 10.3. The van der Waals surface area contributed by atoms with E-state index >= 15 is 0 Å². The highest BCUT2D eigenvalue weighted by Gasteiger charge is 2.24. The summed E-state index contributed by atoms with van der Waals surface area (Å²) in [5, 5.41) is 3.13. The van der Waals surface area contributed by atoms with Gasteiger partial charge >= 0.3 is 6.03 Å². The fraction of sp³-hybridized carbons (Fsp3) is 0.611. The van der Waals surface area contributed by atoms with Crippen LogP contribution in [0.15, 0.2) is 18.2 Å². The van der Waals surface area contributed by atoms with Gasteiger partial charge in [-0.15, -0.1) is 0 Å². The first-order valence-corrected chi connectivity index (χ1v) is 8.63. The van der Waals surface area contributed by atoms with Crippen molar-refractivity contribution in [3.63, 3.8) is 0 Å². The molecule has 1 rings (SSSR count). The standard InChI is InChI=1S/C18H30N2OS/c1-7-14-10-9-11-15(8-2)17(14)20(22)18(21)19-16(12(3)4)13(5)6/h9-13,16,22H,7-8H2,1-6H3,(H,19,21). The van der Waals surface area contributed by atoms with Gasteiger partial charge in [-0.2, -0.15) is 0 Å². The number of nitrogens with one attached hydrogen (secondary N) is 1. The quantitative estimate of drug-likeness (QED) is 0.721. The fourth-order valence-corrected chi connectivity index (χ4v) is 3.21. The highest BCUT2D eigenvalue weighted by Crippen LogP contribution is 2.28. The van der Waals surface area contributed by atoms with Crippen molar-refractivity contribution in [2.45, 2.75) is 60.4 Å². The number of nitrogens with zero attached hydrogens (tertiary/aromatic N) is 1. The van der Waals surface area contributed by atoms with Crippen LogP contribution >= 0.6 is 12.8 Å². The van der Waals surface area contributed by atoms with Crippen molar-refractivity contribution in [1.82, 2.24) is 5.32 Å². The Hall–Kier alpha value is -1.16. The van der Waals surface area contributed by atoms with Crippen molar-refractivity contribution in [2.24, 2.45) is 11.8 Å². The molecule has 4 heteroatoms. The number of thiol groups is 1. The van der Waals surface area contributed by atoms with Gasteiger partial charge in [-0.25, -0.2) is 9.10 Å². The van der Waals surface area contributed by atoms with Gasteiger partial charge in [0.15, 0.2) is 0 Å². The average Bonchev–Trinajstić information content (AvgIpc) is 2.49. The third kappa shape index (κ3) is 4.42. The molecule has 0 heterocycles. The molecule has 3 nitrogen and oxygen atoms in total. The van der Waals surface area contributed by atoms with Crippen LogP contribution in [0.1, 0.15) is 52.7 Å². The van der Waals surface area contributed by atoms with Crippen LogP contribution in [0.4, 0.5) is 10.5 Å². The van der Waals surface area contributed by atoms with Crippen molar-refractivity contribution >= 4 is 24.5 Å². The maximum absolute atomic E-state index is 12.6. The van der Waals surface area contributed by atoms with Crippen molar-refractivity contribution in [1.29, 1.82) is 0 Å². The van der Waals surface area contributed by atoms with Gasteiger partial charge in [0.05, 0.1) is 5.69 Å². The lowest BCUT2D eigenvalue weighted by Gasteiger charge is -2.29. The molecule has 22 heavy (non-hydrogen) atoms. The van der Waals surface area contributed by atoms with E-state index in [0.717, 1.165) is 29.7 Å². The van der Waals surface area contributed by atoms with Crippen LogP contribution in [0.25, 0.3) is 0 Å². The smallest absolute Gasteiger partial charge is 0.332 e. The Balaban J connectivity index is 3.05. The number of para-hydroxylation sites is 1. The number of amides is 2. The van der Waals surface area contributed by atoms with E-state index < -0.39 is 0 Å². The topological polar surface area (TPSA) is 32.3 Å². The zero-order chi connectivity index (χ0) is 16.9. The Labute approximate surface area is 141 Å². The molecular weight excluding hydrogens is 292 g/mol. The Morgan fingerprint density at radius 1 is 1.09 bits per heavy atom. The van der Waals surface area contributed by atoms with E-state index in [4.69, 9.17) is 0 Å². The Morgan fingerprint density at radius 2 is 1.55 bits per heavy atom. The second kappa shape index (κ2) is 8.47. The fourth-order valence-electron chi connectivity index (χ4n) is 2.90. The second-order valence-corrected chi connectivity index (χ2v) is 6.81. The van der Waals surface area contributed by atoms with Gasteiger partial charge in [0.1, 0.15) is 0 Å². The summed E-state index contributed by atoms with van der Waals surface area (Å²) in [6.45, 7) is 12.7. The summed E-state index contributed by atoms with van der Waals surface area (Å²) in [6.07, 6.45) is 1.76. The van der Waals surface area contributed by atoms with Crippen LogP contribution in [0.3, 0.4) is 0 Å². The summed E-state index contributed by atoms with van der Waals surface area (Å²) in [5.74, 6) is 0.774.